The van der Waals surface area contributed by atoms with E-state index < -0.39 is 5.97 Å². The van der Waals surface area contributed by atoms with Crippen LogP contribution in [0.2, 0.25) is 0 Å². The Bertz CT molecular complexity index is 540. The van der Waals surface area contributed by atoms with Crippen molar-refractivity contribution in [3.63, 3.8) is 0 Å². The number of unbranched alkanes of at least 4 members (excludes halogenated alkanes) is 18. The van der Waals surface area contributed by atoms with Gasteiger partial charge in [-0.25, -0.2) is 0 Å². The molecule has 1 atom stereocenters. The molecule has 0 heterocycles. The molecule has 0 aromatic carbocycles. The molecule has 240 valence electrons. The first-order chi connectivity index (χ1) is 19.2. The minimum Gasteiger partial charge on any atom is -0.481 e. The van der Waals surface area contributed by atoms with E-state index in [4.69, 9.17) is 4.74 Å². The summed E-state index contributed by atoms with van der Waals surface area (Å²) in [5.41, 5.74) is 0. The topological polar surface area (TPSA) is 70.1 Å². The molecule has 0 aromatic heterocycles. The number of carboxylic acid groups (broad SMARTS) is 1. The number of nitrogens with zero attached hydrogens (tertiary/aromatic N) is 2. The first kappa shape index (κ1) is 41.0. The monoisotopic (exact) mass is 571 g/mol. The number of esters is 1. The number of hydrogen-bond donors (Lipinski definition) is 1. The molecule has 0 bridgehead atoms. The Morgan fingerprint density at radius 3 is 1.35 bits per heavy atom. The quantitative estimate of drug-likeness (QED) is 0.0748. The zero-order valence-corrected chi connectivity index (χ0v) is 27.8. The maximum absolute atomic E-state index is 11.2. The molecule has 6 heteroatoms. The van der Waals surface area contributed by atoms with E-state index in [0.29, 0.717) is 13.2 Å². The van der Waals surface area contributed by atoms with Crippen molar-refractivity contribution in [3.05, 3.63) is 0 Å². The van der Waals surface area contributed by atoms with Gasteiger partial charge in [-0.3, -0.25) is 14.5 Å². The van der Waals surface area contributed by atoms with Gasteiger partial charge in [0.1, 0.15) is 0 Å². The van der Waals surface area contributed by atoms with Crippen LogP contribution in [0.1, 0.15) is 155 Å². The second-order valence-corrected chi connectivity index (χ2v) is 12.2. The van der Waals surface area contributed by atoms with Gasteiger partial charge in [0, 0.05) is 0 Å². The second-order valence-electron chi connectivity index (χ2n) is 12.2. The maximum atomic E-state index is 11.2. The normalized spacial score (nSPS) is 11.9. The summed E-state index contributed by atoms with van der Waals surface area (Å²) in [7, 11) is 7.75. The number of ether oxygens (including phenoxy) is 1. The fourth-order valence-corrected chi connectivity index (χ4v) is 4.76. The van der Waals surface area contributed by atoms with E-state index in [1.54, 1.807) is 0 Å². The molecular formula is C34H70N2O4. The third-order valence-corrected chi connectivity index (χ3v) is 7.39. The Hall–Kier alpha value is -1.14. The first-order valence-electron chi connectivity index (χ1n) is 16.9. The number of rotatable bonds is 28. The molecule has 0 aromatic rings. The lowest BCUT2D eigenvalue weighted by Crippen LogP contribution is -2.23. The molecule has 6 nitrogen and oxygen atoms in total. The van der Waals surface area contributed by atoms with Crippen LogP contribution in [0, 0.1) is 5.92 Å². The van der Waals surface area contributed by atoms with Gasteiger partial charge in [0.25, 0.3) is 0 Å². The van der Waals surface area contributed by atoms with Crippen LogP contribution < -0.4 is 0 Å². The van der Waals surface area contributed by atoms with Crippen LogP contribution in [-0.2, 0) is 14.3 Å². The van der Waals surface area contributed by atoms with E-state index in [-0.39, 0.29) is 11.9 Å². The standard InChI is InChI=1S/C18H37NO2.C16H33NO2/c1-4-5-6-7-8-9-10-11-12-13-14-17(18(20)21)15-16-19(2)3;1-4-5-6-7-8-9-10-11-12-13-14-19-16(18)15-17(2)3/h17H,4-16H2,1-3H3,(H,20,21);4-15H2,1-3H3. The third kappa shape index (κ3) is 34.9. The van der Waals surface area contributed by atoms with Crippen molar-refractivity contribution in [3.8, 4) is 0 Å². The summed E-state index contributed by atoms with van der Waals surface area (Å²) in [5, 5.41) is 9.21. The average Bonchev–Trinajstić information content (AvgIpc) is 2.89. The van der Waals surface area contributed by atoms with Gasteiger partial charge in [-0.05, 0) is 54.0 Å². The van der Waals surface area contributed by atoms with Crippen LogP contribution in [0.15, 0.2) is 0 Å². The number of aliphatic carboxylic acids is 1. The predicted molar refractivity (Wildman–Crippen MR) is 172 cm³/mol. The third-order valence-electron chi connectivity index (χ3n) is 7.39. The summed E-state index contributed by atoms with van der Waals surface area (Å²) >= 11 is 0. The largest absolute Gasteiger partial charge is 0.481 e. The molecule has 0 saturated carbocycles. The van der Waals surface area contributed by atoms with Gasteiger partial charge in [-0.15, -0.1) is 0 Å². The van der Waals surface area contributed by atoms with Crippen molar-refractivity contribution in [2.45, 2.75) is 155 Å². The maximum Gasteiger partial charge on any atom is 0.320 e. The molecule has 0 saturated heterocycles. The van der Waals surface area contributed by atoms with Gasteiger partial charge < -0.3 is 14.7 Å². The van der Waals surface area contributed by atoms with E-state index >= 15 is 0 Å². The summed E-state index contributed by atoms with van der Waals surface area (Å²) in [5.74, 6) is -0.879. The number of carboxylic acids is 1. The predicted octanol–water partition coefficient (Wildman–Crippen LogP) is 8.96. The molecule has 0 radical (unpaired) electrons. The zero-order valence-electron chi connectivity index (χ0n) is 27.8. The van der Waals surface area contributed by atoms with Gasteiger partial charge in [0.2, 0.25) is 0 Å². The summed E-state index contributed by atoms with van der Waals surface area (Å²) in [6.07, 6.45) is 27.8. The molecule has 0 rings (SSSR count). The lowest BCUT2D eigenvalue weighted by molar-refractivity contribution is -0.144. The average molecular weight is 571 g/mol. The van der Waals surface area contributed by atoms with Crippen LogP contribution in [0.3, 0.4) is 0 Å². The van der Waals surface area contributed by atoms with E-state index in [9.17, 15) is 14.7 Å². The Morgan fingerprint density at radius 1 is 0.575 bits per heavy atom. The summed E-state index contributed by atoms with van der Waals surface area (Å²) in [6.45, 7) is 6.35. The fraction of sp³-hybridized carbons (Fsp3) is 0.941. The highest BCUT2D eigenvalue weighted by Crippen LogP contribution is 2.17. The van der Waals surface area contributed by atoms with Crippen molar-refractivity contribution in [1.82, 2.24) is 9.80 Å². The highest BCUT2D eigenvalue weighted by atomic mass is 16.5. The Kier molecular flexibility index (Phi) is 33.2. The fourth-order valence-electron chi connectivity index (χ4n) is 4.76. The smallest absolute Gasteiger partial charge is 0.320 e. The SMILES string of the molecule is CCCCCCCCCCCCC(CCN(C)C)C(=O)O.CCCCCCCCCCCCOC(=O)CN(C)C. The van der Waals surface area contributed by atoms with E-state index in [2.05, 4.69) is 18.7 Å². The Balaban J connectivity index is 0. The summed E-state index contributed by atoms with van der Waals surface area (Å²) in [6, 6.07) is 0. The Morgan fingerprint density at radius 2 is 0.975 bits per heavy atom. The number of hydrogen-bond acceptors (Lipinski definition) is 5. The van der Waals surface area contributed by atoms with Gasteiger partial charge in [-0.2, -0.15) is 0 Å². The van der Waals surface area contributed by atoms with Gasteiger partial charge in [-0.1, -0.05) is 136 Å². The van der Waals surface area contributed by atoms with Gasteiger partial charge >= 0.3 is 11.9 Å². The minimum absolute atomic E-state index is 0.110. The molecule has 1 N–H and O–H groups in total. The number of carbonyl (C=O) groups is 2. The first-order valence-corrected chi connectivity index (χ1v) is 16.9. The molecule has 0 aliphatic rings. The molecule has 40 heavy (non-hydrogen) atoms. The van der Waals surface area contributed by atoms with Crippen LogP contribution in [0.4, 0.5) is 0 Å². The van der Waals surface area contributed by atoms with Crippen molar-refractivity contribution < 1.29 is 19.4 Å². The molecule has 0 amide bonds. The minimum atomic E-state index is -0.618. The lowest BCUT2D eigenvalue weighted by atomic mass is 9.97. The van der Waals surface area contributed by atoms with Gasteiger partial charge in [0.05, 0.1) is 19.1 Å². The summed E-state index contributed by atoms with van der Waals surface area (Å²) in [4.78, 5) is 26.3. The highest BCUT2D eigenvalue weighted by molar-refractivity contribution is 5.71. The zero-order chi connectivity index (χ0) is 30.3. The van der Waals surface area contributed by atoms with Crippen molar-refractivity contribution >= 4 is 11.9 Å². The van der Waals surface area contributed by atoms with Crippen molar-refractivity contribution in [2.24, 2.45) is 5.92 Å². The van der Waals surface area contributed by atoms with E-state index in [0.717, 1.165) is 32.2 Å². The van der Waals surface area contributed by atoms with Crippen LogP contribution >= 0.6 is 0 Å². The molecule has 0 aliphatic heterocycles. The second kappa shape index (κ2) is 32.4. The molecular weight excluding hydrogens is 500 g/mol. The van der Waals surface area contributed by atoms with Crippen LogP contribution in [-0.4, -0.2) is 74.7 Å². The molecule has 0 aliphatic carbocycles. The molecule has 0 spiro atoms. The van der Waals surface area contributed by atoms with E-state index in [1.165, 1.54) is 116 Å². The van der Waals surface area contributed by atoms with E-state index in [1.807, 2.05) is 33.1 Å². The molecule has 1 unspecified atom stereocenters. The highest BCUT2D eigenvalue weighted by Gasteiger charge is 2.16. The van der Waals surface area contributed by atoms with Crippen molar-refractivity contribution in [2.75, 3.05) is 47.9 Å². The summed E-state index contributed by atoms with van der Waals surface area (Å²) < 4.78 is 5.14. The van der Waals surface area contributed by atoms with Crippen LogP contribution in [0.5, 0.6) is 0 Å². The van der Waals surface area contributed by atoms with Gasteiger partial charge in [0.15, 0.2) is 0 Å². The molecule has 0 fully saturated rings. The number of carbonyl (C=O) groups excluding carboxylic acids is 1. The van der Waals surface area contributed by atoms with Crippen LogP contribution in [0.25, 0.3) is 0 Å². The Labute approximate surface area is 250 Å². The van der Waals surface area contributed by atoms with Crippen molar-refractivity contribution in [1.29, 1.82) is 0 Å². The lowest BCUT2D eigenvalue weighted by Gasteiger charge is -2.15. The number of likely N-dealkylation sites (N-methyl/N-ethyl adjacent to an activating group) is 1.